The summed E-state index contributed by atoms with van der Waals surface area (Å²) in [5, 5.41) is 4.08. The fourth-order valence-corrected chi connectivity index (χ4v) is 4.61. The molecule has 1 atom stereocenters. The van der Waals surface area contributed by atoms with Crippen molar-refractivity contribution in [2.24, 2.45) is 5.41 Å². The Hall–Kier alpha value is -2.34. The number of nitrogens with zero attached hydrogens (tertiary/aromatic N) is 1. The Morgan fingerprint density at radius 3 is 2.42 bits per heavy atom. The van der Waals surface area contributed by atoms with E-state index in [1.807, 2.05) is 32.0 Å². The maximum Gasteiger partial charge on any atom is 0.263 e. The molecule has 1 heterocycles. The molecular formula is C25H36N2O4. The first-order valence-electron chi connectivity index (χ1n) is 11.2. The van der Waals surface area contributed by atoms with Crippen LogP contribution in [0.3, 0.4) is 0 Å². The van der Waals surface area contributed by atoms with Gasteiger partial charge in [-0.25, -0.2) is 0 Å². The van der Waals surface area contributed by atoms with E-state index in [0.717, 1.165) is 43.0 Å². The highest BCUT2D eigenvalue weighted by Crippen LogP contribution is 2.42. The Labute approximate surface area is 184 Å². The van der Waals surface area contributed by atoms with Crippen molar-refractivity contribution in [1.82, 2.24) is 9.88 Å². The van der Waals surface area contributed by atoms with Crippen LogP contribution in [0, 0.1) is 5.41 Å². The van der Waals surface area contributed by atoms with E-state index in [0.29, 0.717) is 12.3 Å². The Morgan fingerprint density at radius 1 is 1.16 bits per heavy atom. The summed E-state index contributed by atoms with van der Waals surface area (Å²) in [6.07, 6.45) is 4.30. The number of carbonyl (C=O) groups is 1. The molecule has 170 valence electrons. The van der Waals surface area contributed by atoms with Crippen molar-refractivity contribution in [2.45, 2.75) is 78.0 Å². The average molecular weight is 429 g/mol. The number of hydrogen-bond acceptors (Lipinski definition) is 4. The number of benzene rings is 1. The Kier molecular flexibility index (Phi) is 6.79. The number of rotatable bonds is 7. The van der Waals surface area contributed by atoms with Crippen LogP contribution in [0.25, 0.3) is 10.9 Å². The van der Waals surface area contributed by atoms with Crippen molar-refractivity contribution in [3.63, 3.8) is 0 Å². The SMILES string of the molecule is CCCn1c(=O)c(C(=O)NC2(C(C)OC)CCC(C)(C)CC2)cc2ccc(OC)cc21. The molecule has 0 spiro atoms. The summed E-state index contributed by atoms with van der Waals surface area (Å²) in [7, 11) is 3.28. The largest absolute Gasteiger partial charge is 0.497 e. The quantitative estimate of drug-likeness (QED) is 0.704. The number of aryl methyl sites for hydroxylation is 1. The maximum atomic E-state index is 13.4. The van der Waals surface area contributed by atoms with Crippen molar-refractivity contribution in [3.05, 3.63) is 40.2 Å². The number of amides is 1. The molecule has 1 aliphatic carbocycles. The molecule has 1 aliphatic rings. The van der Waals surface area contributed by atoms with E-state index in [1.54, 1.807) is 24.9 Å². The van der Waals surface area contributed by atoms with E-state index >= 15 is 0 Å². The van der Waals surface area contributed by atoms with Crippen LogP contribution in [-0.2, 0) is 11.3 Å². The van der Waals surface area contributed by atoms with Gasteiger partial charge < -0.3 is 19.4 Å². The molecule has 6 heteroatoms. The Morgan fingerprint density at radius 2 is 1.84 bits per heavy atom. The molecule has 0 saturated heterocycles. The van der Waals surface area contributed by atoms with Crippen LogP contribution >= 0.6 is 0 Å². The summed E-state index contributed by atoms with van der Waals surface area (Å²) in [6, 6.07) is 7.30. The van der Waals surface area contributed by atoms with E-state index in [9.17, 15) is 9.59 Å². The van der Waals surface area contributed by atoms with Gasteiger partial charge >= 0.3 is 0 Å². The van der Waals surface area contributed by atoms with Crippen LogP contribution in [0.15, 0.2) is 29.1 Å². The highest BCUT2D eigenvalue weighted by Gasteiger charge is 2.44. The van der Waals surface area contributed by atoms with E-state index in [-0.39, 0.29) is 28.5 Å². The lowest BCUT2D eigenvalue weighted by Crippen LogP contribution is -2.59. The minimum atomic E-state index is -0.474. The number of carbonyl (C=O) groups excluding carboxylic acids is 1. The predicted octanol–water partition coefficient (Wildman–Crippen LogP) is 4.52. The summed E-state index contributed by atoms with van der Waals surface area (Å²) in [6.45, 7) is 9.08. The molecular weight excluding hydrogens is 392 g/mol. The first kappa shape index (κ1) is 23.3. The predicted molar refractivity (Wildman–Crippen MR) is 124 cm³/mol. The standard InChI is InChI=1S/C25H36N2O4/c1-7-14-27-21-16-19(31-6)9-8-18(21)15-20(23(27)29)22(28)26-25(17(2)30-5)12-10-24(3,4)11-13-25/h8-9,15-17H,7,10-14H2,1-6H3,(H,26,28). The first-order valence-corrected chi connectivity index (χ1v) is 11.2. The fraction of sp³-hybridized carbons (Fsp3) is 0.600. The number of hydrogen-bond donors (Lipinski definition) is 1. The molecule has 0 bridgehead atoms. The van der Waals surface area contributed by atoms with Crippen molar-refractivity contribution in [3.8, 4) is 5.75 Å². The summed E-state index contributed by atoms with van der Waals surface area (Å²) in [5.74, 6) is 0.364. The third kappa shape index (κ3) is 4.64. The van der Waals surface area contributed by atoms with Crippen molar-refractivity contribution >= 4 is 16.8 Å². The zero-order valence-electron chi connectivity index (χ0n) is 19.7. The van der Waals surface area contributed by atoms with E-state index < -0.39 is 5.54 Å². The molecule has 1 fully saturated rings. The van der Waals surface area contributed by atoms with Gasteiger partial charge in [0.1, 0.15) is 11.3 Å². The third-order valence-corrected chi connectivity index (χ3v) is 6.99. The lowest BCUT2D eigenvalue weighted by atomic mass is 9.67. The van der Waals surface area contributed by atoms with Gasteiger partial charge in [-0.05, 0) is 68.0 Å². The average Bonchev–Trinajstić information content (AvgIpc) is 2.76. The van der Waals surface area contributed by atoms with E-state index in [4.69, 9.17) is 9.47 Å². The van der Waals surface area contributed by atoms with E-state index in [2.05, 4.69) is 19.2 Å². The van der Waals surface area contributed by atoms with Crippen LogP contribution in [0.2, 0.25) is 0 Å². The zero-order valence-corrected chi connectivity index (χ0v) is 19.7. The number of nitrogens with one attached hydrogen (secondary N) is 1. The number of pyridine rings is 1. The summed E-state index contributed by atoms with van der Waals surface area (Å²) < 4.78 is 12.7. The van der Waals surface area contributed by atoms with Crippen LogP contribution in [0.1, 0.15) is 70.2 Å². The molecule has 0 radical (unpaired) electrons. The Balaban J connectivity index is 2.03. The highest BCUT2D eigenvalue weighted by atomic mass is 16.5. The van der Waals surface area contributed by atoms with Crippen molar-refractivity contribution in [2.75, 3.05) is 14.2 Å². The molecule has 2 aromatic rings. The second-order valence-electron chi connectivity index (χ2n) is 9.59. The number of fused-ring (bicyclic) bond motifs is 1. The van der Waals surface area contributed by atoms with Crippen molar-refractivity contribution in [1.29, 1.82) is 0 Å². The van der Waals surface area contributed by atoms with Gasteiger partial charge in [0.05, 0.1) is 24.3 Å². The molecule has 1 amide bonds. The van der Waals surface area contributed by atoms with Crippen LogP contribution in [-0.4, -0.2) is 36.3 Å². The van der Waals surface area contributed by atoms with Crippen LogP contribution in [0.5, 0.6) is 5.75 Å². The topological polar surface area (TPSA) is 69.6 Å². The molecule has 1 aromatic heterocycles. The highest BCUT2D eigenvalue weighted by molar-refractivity contribution is 5.98. The summed E-state index contributed by atoms with van der Waals surface area (Å²) >= 11 is 0. The van der Waals surface area contributed by atoms with Gasteiger partial charge in [-0.15, -0.1) is 0 Å². The lowest BCUT2D eigenvalue weighted by molar-refractivity contribution is -0.00708. The molecule has 31 heavy (non-hydrogen) atoms. The van der Waals surface area contributed by atoms with Gasteiger partial charge in [-0.2, -0.15) is 0 Å². The molecule has 1 unspecified atom stereocenters. The lowest BCUT2D eigenvalue weighted by Gasteiger charge is -2.46. The minimum absolute atomic E-state index is 0.143. The number of ether oxygens (including phenoxy) is 2. The monoisotopic (exact) mass is 428 g/mol. The molecule has 1 N–H and O–H groups in total. The van der Waals surface area contributed by atoms with Crippen molar-refractivity contribution < 1.29 is 14.3 Å². The van der Waals surface area contributed by atoms with Gasteiger partial charge in [-0.3, -0.25) is 9.59 Å². The maximum absolute atomic E-state index is 13.4. The van der Waals surface area contributed by atoms with Crippen LogP contribution in [0.4, 0.5) is 0 Å². The summed E-state index contributed by atoms with van der Waals surface area (Å²) in [4.78, 5) is 26.8. The molecule has 6 nitrogen and oxygen atoms in total. The molecule has 3 rings (SSSR count). The second kappa shape index (κ2) is 9.03. The zero-order chi connectivity index (χ0) is 22.8. The number of aromatic nitrogens is 1. The van der Waals surface area contributed by atoms with Gasteiger partial charge in [-0.1, -0.05) is 20.8 Å². The fourth-order valence-electron chi connectivity index (χ4n) is 4.61. The summed E-state index contributed by atoms with van der Waals surface area (Å²) in [5.41, 5.74) is 0.465. The van der Waals surface area contributed by atoms with Gasteiger partial charge in [0.15, 0.2) is 0 Å². The minimum Gasteiger partial charge on any atom is -0.497 e. The normalized spacial score (nSPS) is 18.5. The van der Waals surface area contributed by atoms with Crippen LogP contribution < -0.4 is 15.6 Å². The third-order valence-electron chi connectivity index (χ3n) is 6.99. The van der Waals surface area contributed by atoms with Gasteiger partial charge in [0, 0.05) is 19.7 Å². The molecule has 1 aromatic carbocycles. The first-order chi connectivity index (χ1) is 14.7. The van der Waals surface area contributed by atoms with E-state index in [1.165, 1.54) is 0 Å². The van der Waals surface area contributed by atoms with Gasteiger partial charge in [0.2, 0.25) is 0 Å². The smallest absolute Gasteiger partial charge is 0.263 e. The second-order valence-corrected chi connectivity index (χ2v) is 9.59. The molecule has 1 saturated carbocycles. The Bertz CT molecular complexity index is 998. The molecule has 0 aliphatic heterocycles. The number of methoxy groups -OCH3 is 2. The van der Waals surface area contributed by atoms with Gasteiger partial charge in [0.25, 0.3) is 11.5 Å².